The van der Waals surface area contributed by atoms with Crippen molar-refractivity contribution < 1.29 is 14.3 Å². The van der Waals surface area contributed by atoms with Crippen LogP contribution >= 0.6 is 0 Å². The predicted octanol–water partition coefficient (Wildman–Crippen LogP) is 2.10. The molecule has 6 aliphatic carbocycles. The summed E-state index contributed by atoms with van der Waals surface area (Å²) in [4.78, 5) is 25.7. The molecular weight excluding hydrogens is 316 g/mol. The highest BCUT2D eigenvalue weighted by molar-refractivity contribution is 6.03. The zero-order valence-electron chi connectivity index (χ0n) is 13.4. The van der Waals surface area contributed by atoms with Crippen molar-refractivity contribution in [3.63, 3.8) is 0 Å². The normalized spacial score (nSPS) is 46.2. The number of benzene rings is 1. The van der Waals surface area contributed by atoms with Crippen LogP contribution in [0.5, 0.6) is 5.75 Å². The van der Waals surface area contributed by atoms with Crippen LogP contribution < -0.4 is 4.74 Å². The Morgan fingerprint density at radius 3 is 2.84 bits per heavy atom. The van der Waals surface area contributed by atoms with Crippen molar-refractivity contribution in [2.24, 2.45) is 46.8 Å². The Morgan fingerprint density at radius 1 is 1.20 bits per heavy atom. The number of hydrogen-bond acceptors (Lipinski definition) is 4. The Morgan fingerprint density at radius 2 is 2.04 bits per heavy atom. The maximum atomic E-state index is 13.0. The molecule has 6 aliphatic rings. The fraction of sp³-hybridized carbons (Fsp3) is 0.450. The van der Waals surface area contributed by atoms with Crippen molar-refractivity contribution in [1.29, 1.82) is 0 Å². The Bertz CT molecular complexity index is 966. The van der Waals surface area contributed by atoms with Crippen molar-refractivity contribution in [2.75, 3.05) is 0 Å². The van der Waals surface area contributed by atoms with Gasteiger partial charge in [0.05, 0.1) is 23.5 Å². The topological polar surface area (TPSA) is 61.2 Å². The van der Waals surface area contributed by atoms with Gasteiger partial charge in [-0.2, -0.15) is 5.10 Å². The molecule has 0 spiro atoms. The lowest BCUT2D eigenvalue weighted by Crippen LogP contribution is -2.74. The van der Waals surface area contributed by atoms with Gasteiger partial charge in [-0.15, -0.1) is 0 Å². The second-order valence-electron chi connectivity index (χ2n) is 8.38. The van der Waals surface area contributed by atoms with Gasteiger partial charge in [-0.25, -0.2) is 4.68 Å². The van der Waals surface area contributed by atoms with E-state index in [2.05, 4.69) is 5.10 Å². The van der Waals surface area contributed by atoms with Gasteiger partial charge >= 0.3 is 5.97 Å². The first-order valence-electron chi connectivity index (χ1n) is 9.09. The summed E-state index contributed by atoms with van der Waals surface area (Å²) in [6.45, 7) is 0. The van der Waals surface area contributed by atoms with Gasteiger partial charge in [-0.3, -0.25) is 9.59 Å². The number of carbonyl (C=O) groups excluding carboxylic acids is 2. The van der Waals surface area contributed by atoms with Crippen LogP contribution in [0.2, 0.25) is 0 Å². The number of hydrogen-bond donors (Lipinski definition) is 0. The summed E-state index contributed by atoms with van der Waals surface area (Å²) in [5.41, 5.74) is 0.448. The molecule has 1 aromatic carbocycles. The quantitative estimate of drug-likeness (QED) is 0.808. The second-order valence-corrected chi connectivity index (χ2v) is 8.38. The average molecular weight is 332 g/mol. The molecule has 8 rings (SSSR count). The van der Waals surface area contributed by atoms with Gasteiger partial charge < -0.3 is 4.74 Å². The molecule has 6 saturated carbocycles. The summed E-state index contributed by atoms with van der Waals surface area (Å²) >= 11 is 0. The first-order valence-corrected chi connectivity index (χ1v) is 9.09. The third-order valence-corrected chi connectivity index (χ3v) is 8.01. The lowest BCUT2D eigenvalue weighted by molar-refractivity contribution is -0.258. The SMILES string of the molecule is O=C1C2C3CC4C2C2(C(=O)Oc5cnn(-c6ccccc6)c5)C1C3C42. The molecule has 1 heterocycles. The fourth-order valence-corrected chi connectivity index (χ4v) is 7.65. The van der Waals surface area contributed by atoms with E-state index in [4.69, 9.17) is 4.74 Å². The monoisotopic (exact) mass is 332 g/mol. The number of nitrogens with zero attached hydrogens (tertiary/aromatic N) is 2. The summed E-state index contributed by atoms with van der Waals surface area (Å²) in [6.07, 6.45) is 4.49. The number of aromatic nitrogens is 2. The van der Waals surface area contributed by atoms with Crippen molar-refractivity contribution in [3.8, 4) is 11.4 Å². The van der Waals surface area contributed by atoms with Crippen LogP contribution in [-0.2, 0) is 9.59 Å². The van der Waals surface area contributed by atoms with Gasteiger partial charge in [0.2, 0.25) is 0 Å². The average Bonchev–Trinajstić information content (AvgIpc) is 3.30. The number of carbonyl (C=O) groups is 2. The smallest absolute Gasteiger partial charge is 0.318 e. The molecule has 0 saturated heterocycles. The number of ketones is 1. The fourth-order valence-electron chi connectivity index (χ4n) is 7.65. The standard InChI is InChI=1S/C20H16N2O3/c23-18-14-11-6-12-15-13(11)17(18)20(15,16(12)14)19(24)25-10-7-21-22(8-10)9-4-2-1-3-5-9/h1-5,7-8,11-17H,6H2. The van der Waals surface area contributed by atoms with Gasteiger partial charge in [0.25, 0.3) is 0 Å². The molecule has 5 heteroatoms. The van der Waals surface area contributed by atoms with Crippen LogP contribution in [0.25, 0.3) is 5.69 Å². The van der Waals surface area contributed by atoms with Crippen LogP contribution in [0.4, 0.5) is 0 Å². The highest BCUT2D eigenvalue weighted by Gasteiger charge is 2.96. The van der Waals surface area contributed by atoms with Crippen molar-refractivity contribution in [1.82, 2.24) is 9.78 Å². The Kier molecular flexibility index (Phi) is 1.91. The molecule has 0 radical (unpaired) electrons. The van der Waals surface area contributed by atoms with Crippen LogP contribution in [0.3, 0.4) is 0 Å². The minimum absolute atomic E-state index is 0.0343. The van der Waals surface area contributed by atoms with E-state index in [1.54, 1.807) is 17.1 Å². The molecule has 8 atom stereocenters. The van der Waals surface area contributed by atoms with E-state index in [0.29, 0.717) is 35.2 Å². The van der Waals surface area contributed by atoms with E-state index >= 15 is 0 Å². The minimum atomic E-state index is -0.473. The van der Waals surface area contributed by atoms with Crippen LogP contribution in [0, 0.1) is 46.8 Å². The number of ether oxygens (including phenoxy) is 1. The minimum Gasteiger partial charge on any atom is -0.423 e. The Labute approximate surface area is 144 Å². The Balaban J connectivity index is 1.20. The summed E-state index contributed by atoms with van der Waals surface area (Å²) in [6, 6.07) is 9.73. The molecule has 124 valence electrons. The van der Waals surface area contributed by atoms with Crippen LogP contribution in [-0.4, -0.2) is 21.5 Å². The number of rotatable bonds is 3. The van der Waals surface area contributed by atoms with Gasteiger partial charge in [0.1, 0.15) is 5.78 Å². The highest BCUT2D eigenvalue weighted by atomic mass is 16.5. The van der Waals surface area contributed by atoms with E-state index in [1.165, 1.54) is 6.42 Å². The summed E-state index contributed by atoms with van der Waals surface area (Å²) in [7, 11) is 0. The molecule has 8 unspecified atom stereocenters. The van der Waals surface area contributed by atoms with E-state index < -0.39 is 5.41 Å². The van der Waals surface area contributed by atoms with E-state index in [1.807, 2.05) is 30.3 Å². The molecule has 1 aromatic heterocycles. The summed E-state index contributed by atoms with van der Waals surface area (Å²) < 4.78 is 7.44. The number of para-hydroxylation sites is 1. The summed E-state index contributed by atoms with van der Waals surface area (Å²) in [5, 5.41) is 4.29. The van der Waals surface area contributed by atoms with Crippen molar-refractivity contribution in [2.45, 2.75) is 6.42 Å². The van der Waals surface area contributed by atoms with Gasteiger partial charge in [-0.1, -0.05) is 18.2 Å². The third kappa shape index (κ3) is 1.10. The number of esters is 1. The first-order chi connectivity index (χ1) is 12.2. The lowest BCUT2D eigenvalue weighted by Gasteiger charge is -2.69. The van der Waals surface area contributed by atoms with Crippen LogP contribution in [0.15, 0.2) is 42.7 Å². The molecule has 2 aromatic rings. The maximum absolute atomic E-state index is 13.0. The number of Topliss-reactive ketones (excluding diaryl/α,β-unsaturated/α-hetero) is 1. The third-order valence-electron chi connectivity index (χ3n) is 8.01. The second kappa shape index (κ2) is 3.71. The molecule has 4 bridgehead atoms. The van der Waals surface area contributed by atoms with Crippen molar-refractivity contribution in [3.05, 3.63) is 42.7 Å². The van der Waals surface area contributed by atoms with E-state index in [0.717, 1.165) is 5.69 Å². The van der Waals surface area contributed by atoms with Gasteiger partial charge in [0.15, 0.2) is 5.75 Å². The maximum Gasteiger partial charge on any atom is 0.318 e. The highest BCUT2D eigenvalue weighted by Crippen LogP contribution is 2.92. The zero-order chi connectivity index (χ0) is 16.5. The first kappa shape index (κ1) is 12.9. The molecule has 6 fully saturated rings. The molecule has 5 nitrogen and oxygen atoms in total. The zero-order valence-corrected chi connectivity index (χ0v) is 13.4. The van der Waals surface area contributed by atoms with E-state index in [-0.39, 0.29) is 23.7 Å². The molecule has 0 N–H and O–H groups in total. The van der Waals surface area contributed by atoms with Crippen molar-refractivity contribution >= 4 is 11.8 Å². The van der Waals surface area contributed by atoms with E-state index in [9.17, 15) is 9.59 Å². The summed E-state index contributed by atoms with van der Waals surface area (Å²) in [5.74, 6) is 3.19. The Hall–Kier alpha value is -2.43. The largest absolute Gasteiger partial charge is 0.423 e. The molecule has 25 heavy (non-hydrogen) atoms. The van der Waals surface area contributed by atoms with Gasteiger partial charge in [-0.05, 0) is 48.1 Å². The van der Waals surface area contributed by atoms with Gasteiger partial charge in [0, 0.05) is 11.8 Å². The predicted molar refractivity (Wildman–Crippen MR) is 85.7 cm³/mol. The lowest BCUT2D eigenvalue weighted by atomic mass is 9.32. The molecular formula is C20H16N2O3. The molecule has 0 amide bonds. The van der Waals surface area contributed by atoms with Crippen LogP contribution in [0.1, 0.15) is 6.42 Å². The molecule has 0 aliphatic heterocycles.